The van der Waals surface area contributed by atoms with Gasteiger partial charge in [-0.3, -0.25) is 0 Å². The smallest absolute Gasteiger partial charge is 0.135 e. The summed E-state index contributed by atoms with van der Waals surface area (Å²) in [5, 5.41) is 13.7. The molecule has 0 spiro atoms. The number of nitrogens with one attached hydrogen (secondary N) is 1. The lowest BCUT2D eigenvalue weighted by atomic mass is 10.1. The standard InChI is InChI=1S/C17H16ClNO2/c18-15-5-3-13(4-6-15)17-10-14-2-1-12(9-16(14)21-17)11-19-7-8-20/h1-6,9-10,19-20H,7-8,11H2. The van der Waals surface area contributed by atoms with Crippen LogP contribution in [0.3, 0.4) is 0 Å². The third kappa shape index (κ3) is 3.27. The Balaban J connectivity index is 1.87. The fourth-order valence-corrected chi connectivity index (χ4v) is 2.38. The summed E-state index contributed by atoms with van der Waals surface area (Å²) < 4.78 is 5.92. The van der Waals surface area contributed by atoms with E-state index in [0.717, 1.165) is 27.9 Å². The molecule has 3 nitrogen and oxygen atoms in total. The number of halogens is 1. The molecule has 2 N–H and O–H groups in total. The van der Waals surface area contributed by atoms with Crippen molar-refractivity contribution in [3.63, 3.8) is 0 Å². The van der Waals surface area contributed by atoms with Gasteiger partial charge in [-0.25, -0.2) is 0 Å². The number of hydrogen-bond donors (Lipinski definition) is 2. The highest BCUT2D eigenvalue weighted by Crippen LogP contribution is 2.29. The Labute approximate surface area is 128 Å². The van der Waals surface area contributed by atoms with Crippen molar-refractivity contribution in [1.82, 2.24) is 5.32 Å². The van der Waals surface area contributed by atoms with E-state index in [1.165, 1.54) is 0 Å². The van der Waals surface area contributed by atoms with Crippen LogP contribution in [0.5, 0.6) is 0 Å². The molecule has 0 radical (unpaired) electrons. The zero-order valence-electron chi connectivity index (χ0n) is 11.5. The van der Waals surface area contributed by atoms with Gasteiger partial charge in [0.1, 0.15) is 11.3 Å². The summed E-state index contributed by atoms with van der Waals surface area (Å²) in [5.74, 6) is 0.835. The second kappa shape index (κ2) is 6.31. The molecule has 0 unspecified atom stereocenters. The van der Waals surface area contributed by atoms with Crippen LogP contribution in [0.4, 0.5) is 0 Å². The van der Waals surface area contributed by atoms with Gasteiger partial charge in [0.25, 0.3) is 0 Å². The van der Waals surface area contributed by atoms with Crippen LogP contribution in [0.1, 0.15) is 5.56 Å². The molecule has 0 bridgehead atoms. The van der Waals surface area contributed by atoms with E-state index in [1.54, 1.807) is 0 Å². The summed E-state index contributed by atoms with van der Waals surface area (Å²) in [6.45, 7) is 1.45. The fourth-order valence-electron chi connectivity index (χ4n) is 2.25. The van der Waals surface area contributed by atoms with E-state index in [-0.39, 0.29) is 6.61 Å². The lowest BCUT2D eigenvalue weighted by Crippen LogP contribution is -2.17. The van der Waals surface area contributed by atoms with Crippen molar-refractivity contribution < 1.29 is 9.52 Å². The van der Waals surface area contributed by atoms with E-state index in [4.69, 9.17) is 21.1 Å². The minimum Gasteiger partial charge on any atom is -0.456 e. The Morgan fingerprint density at radius 2 is 1.86 bits per heavy atom. The SMILES string of the molecule is OCCNCc1ccc2cc(-c3ccc(Cl)cc3)oc2c1. The third-order valence-electron chi connectivity index (χ3n) is 3.33. The maximum Gasteiger partial charge on any atom is 0.135 e. The summed E-state index contributed by atoms with van der Waals surface area (Å²) in [6, 6.07) is 15.8. The minimum atomic E-state index is 0.143. The molecule has 21 heavy (non-hydrogen) atoms. The van der Waals surface area contributed by atoms with Crippen LogP contribution in [0.25, 0.3) is 22.3 Å². The number of benzene rings is 2. The van der Waals surface area contributed by atoms with Crippen molar-refractivity contribution in [2.75, 3.05) is 13.2 Å². The average molecular weight is 302 g/mol. The van der Waals surface area contributed by atoms with Crippen molar-refractivity contribution in [2.45, 2.75) is 6.54 Å². The summed E-state index contributed by atoms with van der Waals surface area (Å²) in [7, 11) is 0. The summed E-state index contributed by atoms with van der Waals surface area (Å²) in [5.41, 5.74) is 3.01. The first-order chi connectivity index (χ1) is 10.3. The predicted molar refractivity (Wildman–Crippen MR) is 85.5 cm³/mol. The normalized spacial score (nSPS) is 11.1. The van der Waals surface area contributed by atoms with E-state index >= 15 is 0 Å². The molecule has 2 aromatic carbocycles. The van der Waals surface area contributed by atoms with Gasteiger partial charge < -0.3 is 14.8 Å². The Morgan fingerprint density at radius 3 is 2.62 bits per heavy atom. The van der Waals surface area contributed by atoms with Crippen LogP contribution >= 0.6 is 11.6 Å². The molecule has 0 saturated heterocycles. The summed E-state index contributed by atoms with van der Waals surface area (Å²) >= 11 is 5.90. The van der Waals surface area contributed by atoms with Crippen molar-refractivity contribution in [3.8, 4) is 11.3 Å². The first kappa shape index (κ1) is 14.1. The third-order valence-corrected chi connectivity index (χ3v) is 3.58. The first-order valence-corrected chi connectivity index (χ1v) is 7.24. The van der Waals surface area contributed by atoms with E-state index in [0.29, 0.717) is 18.1 Å². The second-order valence-electron chi connectivity index (χ2n) is 4.89. The maximum atomic E-state index is 8.77. The van der Waals surface area contributed by atoms with E-state index in [1.807, 2.05) is 42.5 Å². The molecule has 108 valence electrons. The lowest BCUT2D eigenvalue weighted by molar-refractivity contribution is 0.292. The zero-order valence-corrected chi connectivity index (χ0v) is 12.2. The van der Waals surface area contributed by atoms with E-state index in [2.05, 4.69) is 11.4 Å². The van der Waals surface area contributed by atoms with Gasteiger partial charge in [0.05, 0.1) is 6.61 Å². The second-order valence-corrected chi connectivity index (χ2v) is 5.33. The maximum absolute atomic E-state index is 8.77. The van der Waals surface area contributed by atoms with E-state index in [9.17, 15) is 0 Å². The van der Waals surface area contributed by atoms with Gasteiger partial charge in [-0.05, 0) is 42.0 Å². The molecule has 0 amide bonds. The van der Waals surface area contributed by atoms with Crippen LogP contribution in [0, 0.1) is 0 Å². The van der Waals surface area contributed by atoms with Gasteiger partial charge in [-0.2, -0.15) is 0 Å². The van der Waals surface area contributed by atoms with Gasteiger partial charge in [0.15, 0.2) is 0 Å². The minimum absolute atomic E-state index is 0.143. The largest absolute Gasteiger partial charge is 0.456 e. The fraction of sp³-hybridized carbons (Fsp3) is 0.176. The lowest BCUT2D eigenvalue weighted by Gasteiger charge is -2.02. The molecule has 3 rings (SSSR count). The molecule has 0 fully saturated rings. The number of aliphatic hydroxyl groups is 1. The van der Waals surface area contributed by atoms with Crippen molar-refractivity contribution in [3.05, 3.63) is 59.1 Å². The molecule has 0 aliphatic heterocycles. The summed E-state index contributed by atoms with van der Waals surface area (Å²) in [6.07, 6.45) is 0. The molecule has 0 aliphatic carbocycles. The zero-order chi connectivity index (χ0) is 14.7. The Bertz CT molecular complexity index is 734. The molecular formula is C17H16ClNO2. The molecule has 1 aromatic heterocycles. The number of fused-ring (bicyclic) bond motifs is 1. The van der Waals surface area contributed by atoms with Gasteiger partial charge in [-0.15, -0.1) is 0 Å². The van der Waals surface area contributed by atoms with Gasteiger partial charge >= 0.3 is 0 Å². The van der Waals surface area contributed by atoms with Gasteiger partial charge in [0.2, 0.25) is 0 Å². The molecule has 4 heteroatoms. The first-order valence-electron chi connectivity index (χ1n) is 6.86. The topological polar surface area (TPSA) is 45.4 Å². The highest BCUT2D eigenvalue weighted by Gasteiger charge is 2.07. The van der Waals surface area contributed by atoms with Crippen molar-refractivity contribution >= 4 is 22.6 Å². The predicted octanol–water partition coefficient (Wildman–Crippen LogP) is 3.84. The Hall–Kier alpha value is -1.81. The van der Waals surface area contributed by atoms with Crippen LogP contribution < -0.4 is 5.32 Å². The Kier molecular flexibility index (Phi) is 4.25. The van der Waals surface area contributed by atoms with Gasteiger partial charge in [-0.1, -0.05) is 23.7 Å². The highest BCUT2D eigenvalue weighted by molar-refractivity contribution is 6.30. The number of hydrogen-bond acceptors (Lipinski definition) is 3. The molecule has 0 aliphatic rings. The Morgan fingerprint density at radius 1 is 1.05 bits per heavy atom. The molecule has 3 aromatic rings. The molecule has 0 atom stereocenters. The number of furan rings is 1. The molecule has 1 heterocycles. The van der Waals surface area contributed by atoms with Gasteiger partial charge in [0, 0.05) is 29.1 Å². The highest BCUT2D eigenvalue weighted by atomic mass is 35.5. The number of aliphatic hydroxyl groups excluding tert-OH is 1. The van der Waals surface area contributed by atoms with Crippen molar-refractivity contribution in [2.24, 2.45) is 0 Å². The summed E-state index contributed by atoms with van der Waals surface area (Å²) in [4.78, 5) is 0. The van der Waals surface area contributed by atoms with Crippen molar-refractivity contribution in [1.29, 1.82) is 0 Å². The van der Waals surface area contributed by atoms with Crippen LogP contribution in [-0.2, 0) is 6.54 Å². The number of rotatable bonds is 5. The monoisotopic (exact) mass is 301 g/mol. The van der Waals surface area contributed by atoms with Crippen LogP contribution in [-0.4, -0.2) is 18.3 Å². The van der Waals surface area contributed by atoms with E-state index < -0.39 is 0 Å². The van der Waals surface area contributed by atoms with Crippen LogP contribution in [0.15, 0.2) is 52.9 Å². The average Bonchev–Trinajstić information content (AvgIpc) is 2.91. The molecular weight excluding hydrogens is 286 g/mol. The molecule has 0 saturated carbocycles. The van der Waals surface area contributed by atoms with Crippen LogP contribution in [0.2, 0.25) is 5.02 Å². The quantitative estimate of drug-likeness (QED) is 0.704.